The summed E-state index contributed by atoms with van der Waals surface area (Å²) >= 11 is 0. The Hall–Kier alpha value is -2.53. The van der Waals surface area contributed by atoms with Gasteiger partial charge in [0.15, 0.2) is 0 Å². The van der Waals surface area contributed by atoms with E-state index >= 15 is 0 Å². The van der Waals surface area contributed by atoms with Gasteiger partial charge in [-0.25, -0.2) is 4.79 Å². The summed E-state index contributed by atoms with van der Waals surface area (Å²) in [5.74, 6) is -0.149. The molecule has 7 nitrogen and oxygen atoms in total. The molecule has 1 atom stereocenters. The van der Waals surface area contributed by atoms with Crippen LogP contribution in [0.2, 0.25) is 0 Å². The van der Waals surface area contributed by atoms with Crippen LogP contribution in [0.1, 0.15) is 31.7 Å². The molecule has 0 aliphatic carbocycles. The van der Waals surface area contributed by atoms with Gasteiger partial charge in [-0.05, 0) is 31.0 Å². The topological polar surface area (TPSA) is 70.6 Å². The predicted molar refractivity (Wildman–Crippen MR) is 124 cm³/mol. The van der Waals surface area contributed by atoms with Crippen LogP contribution >= 0.6 is 12.4 Å². The molecule has 3 rings (SSSR count). The van der Waals surface area contributed by atoms with E-state index in [9.17, 15) is 27.2 Å². The van der Waals surface area contributed by atoms with Crippen LogP contribution in [0.3, 0.4) is 0 Å². The summed E-state index contributed by atoms with van der Waals surface area (Å²) in [4.78, 5) is 31.2. The number of para-hydroxylation sites is 2. The van der Waals surface area contributed by atoms with E-state index in [0.29, 0.717) is 56.9 Å². The lowest BCUT2D eigenvalue weighted by Gasteiger charge is -2.36. The number of alkyl halides is 4. The fourth-order valence-electron chi connectivity index (χ4n) is 3.81. The first-order valence-electron chi connectivity index (χ1n) is 10.8. The minimum Gasteiger partial charge on any atom is -0.450 e. The van der Waals surface area contributed by atoms with Crippen LogP contribution in [0.4, 0.5) is 23.2 Å². The van der Waals surface area contributed by atoms with Crippen molar-refractivity contribution < 1.29 is 22.3 Å². The number of aromatic amines is 1. The number of H-pyrrole nitrogens is 1. The van der Waals surface area contributed by atoms with Crippen molar-refractivity contribution in [1.82, 2.24) is 14.5 Å². The van der Waals surface area contributed by atoms with Gasteiger partial charge in [-0.2, -0.15) is 17.6 Å². The van der Waals surface area contributed by atoms with Gasteiger partial charge < -0.3 is 14.6 Å². The standard InChI is InChI=1S/C22H28F4N4O3.ClH/c1-15(2)16-14-27-21(32)30(19(16)31)9-5-8-28-10-12-29(13-11-28)17-6-3-4-7-18(17)33-20(23)22(24,25)26;/h3-4,6-7,14-15,20H,5,8-13H2,1-2H3,(H,27,32);1H. The molecule has 1 saturated heterocycles. The molecule has 1 aliphatic rings. The largest absolute Gasteiger partial charge is 0.457 e. The lowest BCUT2D eigenvalue weighted by molar-refractivity contribution is -0.236. The Morgan fingerprint density at radius 2 is 1.71 bits per heavy atom. The second-order valence-corrected chi connectivity index (χ2v) is 8.29. The number of benzene rings is 1. The zero-order chi connectivity index (χ0) is 24.2. The van der Waals surface area contributed by atoms with Crippen LogP contribution in [-0.2, 0) is 6.54 Å². The molecule has 190 valence electrons. The van der Waals surface area contributed by atoms with Gasteiger partial charge in [0.1, 0.15) is 5.75 Å². The highest BCUT2D eigenvalue weighted by molar-refractivity contribution is 5.85. The molecule has 0 bridgehead atoms. The predicted octanol–water partition coefficient (Wildman–Crippen LogP) is 3.53. The summed E-state index contributed by atoms with van der Waals surface area (Å²) in [5, 5.41) is 0. The molecule has 34 heavy (non-hydrogen) atoms. The van der Waals surface area contributed by atoms with E-state index in [4.69, 9.17) is 0 Å². The van der Waals surface area contributed by atoms with Crippen molar-refractivity contribution in [3.8, 4) is 5.75 Å². The summed E-state index contributed by atoms with van der Waals surface area (Å²) in [6.07, 6.45) is -6.42. The maximum Gasteiger partial charge on any atom is 0.457 e. The molecule has 1 aromatic heterocycles. The molecule has 1 N–H and O–H groups in total. The molecule has 1 fully saturated rings. The average Bonchev–Trinajstić information content (AvgIpc) is 2.76. The van der Waals surface area contributed by atoms with Gasteiger partial charge in [0.25, 0.3) is 5.56 Å². The van der Waals surface area contributed by atoms with E-state index in [-0.39, 0.29) is 29.6 Å². The zero-order valence-corrected chi connectivity index (χ0v) is 19.8. The Bertz CT molecular complexity index is 1050. The summed E-state index contributed by atoms with van der Waals surface area (Å²) in [7, 11) is 0. The first-order chi connectivity index (χ1) is 15.6. The molecule has 2 aromatic rings. The van der Waals surface area contributed by atoms with E-state index in [1.807, 2.05) is 18.7 Å². The number of hydrogen-bond acceptors (Lipinski definition) is 5. The molecule has 0 saturated carbocycles. The molecule has 0 radical (unpaired) electrons. The fraction of sp³-hybridized carbons (Fsp3) is 0.545. The number of halogens is 5. The maximum atomic E-state index is 13.4. The molecule has 1 unspecified atom stereocenters. The van der Waals surface area contributed by atoms with Gasteiger partial charge >= 0.3 is 18.2 Å². The van der Waals surface area contributed by atoms with E-state index in [1.54, 1.807) is 12.1 Å². The van der Waals surface area contributed by atoms with E-state index in [0.717, 1.165) is 0 Å². The molecule has 1 aromatic carbocycles. The number of ether oxygens (including phenoxy) is 1. The Morgan fingerprint density at radius 3 is 2.32 bits per heavy atom. The number of anilines is 1. The minimum atomic E-state index is -5.09. The number of nitrogens with zero attached hydrogens (tertiary/aromatic N) is 3. The highest BCUT2D eigenvalue weighted by Gasteiger charge is 2.43. The minimum absolute atomic E-state index is 0. The number of rotatable bonds is 8. The molecule has 2 heterocycles. The number of nitrogens with one attached hydrogen (secondary N) is 1. The average molecular weight is 509 g/mol. The van der Waals surface area contributed by atoms with Crippen molar-refractivity contribution in [1.29, 1.82) is 0 Å². The molecule has 1 aliphatic heterocycles. The summed E-state index contributed by atoms with van der Waals surface area (Å²) < 4.78 is 56.8. The monoisotopic (exact) mass is 508 g/mol. The van der Waals surface area contributed by atoms with Crippen molar-refractivity contribution in [3.63, 3.8) is 0 Å². The van der Waals surface area contributed by atoms with Gasteiger partial charge in [0.2, 0.25) is 0 Å². The quantitative estimate of drug-likeness (QED) is 0.552. The molecular weight excluding hydrogens is 480 g/mol. The second-order valence-electron chi connectivity index (χ2n) is 8.29. The summed E-state index contributed by atoms with van der Waals surface area (Å²) in [5.41, 5.74) is 0.258. The first-order valence-corrected chi connectivity index (χ1v) is 10.8. The van der Waals surface area contributed by atoms with E-state index < -0.39 is 18.2 Å². The summed E-state index contributed by atoms with van der Waals surface area (Å²) in [6, 6.07) is 6.08. The highest BCUT2D eigenvalue weighted by Crippen LogP contribution is 2.33. The van der Waals surface area contributed by atoms with Crippen molar-refractivity contribution in [2.24, 2.45) is 0 Å². The normalized spacial score (nSPS) is 15.8. The van der Waals surface area contributed by atoms with Crippen LogP contribution in [0.25, 0.3) is 0 Å². The van der Waals surface area contributed by atoms with E-state index in [1.165, 1.54) is 22.9 Å². The fourth-order valence-corrected chi connectivity index (χ4v) is 3.81. The van der Waals surface area contributed by atoms with Gasteiger partial charge in [-0.15, -0.1) is 12.4 Å². The van der Waals surface area contributed by atoms with Crippen LogP contribution in [0.15, 0.2) is 40.1 Å². The van der Waals surface area contributed by atoms with Crippen molar-refractivity contribution in [2.75, 3.05) is 37.6 Å². The second kappa shape index (κ2) is 11.7. The van der Waals surface area contributed by atoms with Crippen molar-refractivity contribution in [2.45, 2.75) is 45.3 Å². The Balaban J connectivity index is 0.00000408. The van der Waals surface area contributed by atoms with Crippen LogP contribution in [-0.4, -0.2) is 59.7 Å². The smallest absolute Gasteiger partial charge is 0.450 e. The van der Waals surface area contributed by atoms with Gasteiger partial charge in [0, 0.05) is 44.5 Å². The Morgan fingerprint density at radius 1 is 1.06 bits per heavy atom. The Kier molecular flexibility index (Phi) is 9.57. The Labute approximate surface area is 200 Å². The van der Waals surface area contributed by atoms with Gasteiger partial charge in [-0.1, -0.05) is 26.0 Å². The van der Waals surface area contributed by atoms with Crippen molar-refractivity contribution in [3.05, 3.63) is 56.9 Å². The van der Waals surface area contributed by atoms with Crippen LogP contribution in [0.5, 0.6) is 5.75 Å². The molecule has 12 heteroatoms. The molecule has 0 amide bonds. The molecule has 0 spiro atoms. The number of piperazine rings is 1. The van der Waals surface area contributed by atoms with Crippen LogP contribution < -0.4 is 20.9 Å². The first kappa shape index (κ1) is 27.7. The molecular formula is C22H29ClF4N4O3. The van der Waals surface area contributed by atoms with E-state index in [2.05, 4.69) is 14.6 Å². The zero-order valence-electron chi connectivity index (χ0n) is 19.0. The lowest BCUT2D eigenvalue weighted by atomic mass is 10.1. The highest BCUT2D eigenvalue weighted by atomic mass is 35.5. The maximum absolute atomic E-state index is 13.4. The number of aromatic nitrogens is 2. The SMILES string of the molecule is CC(C)c1c[nH]c(=O)n(CCCN2CCN(c3ccccc3OC(F)C(F)(F)F)CC2)c1=O.Cl. The van der Waals surface area contributed by atoms with Gasteiger partial charge in [-0.3, -0.25) is 14.3 Å². The van der Waals surface area contributed by atoms with Crippen molar-refractivity contribution >= 4 is 18.1 Å². The third kappa shape index (κ3) is 6.75. The van der Waals surface area contributed by atoms with Gasteiger partial charge in [0.05, 0.1) is 5.69 Å². The summed E-state index contributed by atoms with van der Waals surface area (Å²) in [6.45, 7) is 7.02. The lowest BCUT2D eigenvalue weighted by Crippen LogP contribution is -2.47. The third-order valence-electron chi connectivity index (χ3n) is 5.63. The number of hydrogen-bond donors (Lipinski definition) is 1. The van der Waals surface area contributed by atoms with Crippen LogP contribution in [0, 0.1) is 0 Å². The third-order valence-corrected chi connectivity index (χ3v) is 5.63.